The van der Waals surface area contributed by atoms with Crippen molar-refractivity contribution in [3.05, 3.63) is 87.7 Å². The van der Waals surface area contributed by atoms with Crippen LogP contribution in [-0.4, -0.2) is 4.98 Å². The first-order valence-electron chi connectivity index (χ1n) is 8.32. The molecule has 28 heavy (non-hydrogen) atoms. The minimum atomic E-state index is -0.302. The minimum Gasteiger partial charge on any atom is -0.457 e. The van der Waals surface area contributed by atoms with Gasteiger partial charge >= 0.3 is 0 Å². The van der Waals surface area contributed by atoms with Gasteiger partial charge in [-0.3, -0.25) is 0 Å². The fourth-order valence-electron chi connectivity index (χ4n) is 2.67. The van der Waals surface area contributed by atoms with Gasteiger partial charge < -0.3 is 4.42 Å². The Balaban J connectivity index is 1.63. The molecule has 0 bridgehead atoms. The molecule has 0 aliphatic heterocycles. The molecule has 6 heteroatoms. The van der Waals surface area contributed by atoms with Crippen LogP contribution in [0.2, 0.25) is 5.02 Å². The smallest absolute Gasteiger partial charge is 0.136 e. The van der Waals surface area contributed by atoms with Gasteiger partial charge in [0, 0.05) is 22.6 Å². The van der Waals surface area contributed by atoms with Crippen LogP contribution >= 0.6 is 22.9 Å². The number of rotatable bonds is 4. The van der Waals surface area contributed by atoms with Crippen LogP contribution in [0.25, 0.3) is 34.2 Å². The highest BCUT2D eigenvalue weighted by molar-refractivity contribution is 7.11. The maximum absolute atomic E-state index is 13.1. The Bertz CT molecular complexity index is 1200. The molecule has 136 valence electrons. The van der Waals surface area contributed by atoms with E-state index in [1.54, 1.807) is 30.3 Å². The molecule has 0 saturated carbocycles. The van der Waals surface area contributed by atoms with E-state index in [9.17, 15) is 9.65 Å². The second-order valence-electron chi connectivity index (χ2n) is 5.90. The summed E-state index contributed by atoms with van der Waals surface area (Å²) in [6, 6.07) is 19.2. The van der Waals surface area contributed by atoms with E-state index in [1.165, 1.54) is 23.5 Å². The number of nitriles is 1. The molecule has 0 aliphatic rings. The normalized spacial score (nSPS) is 11.4. The molecule has 0 saturated heterocycles. The minimum absolute atomic E-state index is 0.302. The molecule has 4 rings (SSSR count). The third-order valence-corrected chi connectivity index (χ3v) is 5.25. The number of hydrogen-bond donors (Lipinski definition) is 0. The van der Waals surface area contributed by atoms with E-state index in [-0.39, 0.29) is 5.82 Å². The summed E-state index contributed by atoms with van der Waals surface area (Å²) in [5.74, 6) is 0.856. The Morgan fingerprint density at radius 1 is 1.11 bits per heavy atom. The number of halogens is 2. The molecule has 0 radical (unpaired) electrons. The van der Waals surface area contributed by atoms with E-state index in [4.69, 9.17) is 16.0 Å². The lowest BCUT2D eigenvalue weighted by Crippen LogP contribution is -1.83. The maximum Gasteiger partial charge on any atom is 0.136 e. The van der Waals surface area contributed by atoms with Crippen molar-refractivity contribution in [1.29, 1.82) is 5.26 Å². The molecule has 0 fully saturated rings. The van der Waals surface area contributed by atoms with Gasteiger partial charge in [0.1, 0.15) is 28.4 Å². The summed E-state index contributed by atoms with van der Waals surface area (Å²) in [4.78, 5) is 4.50. The van der Waals surface area contributed by atoms with Crippen molar-refractivity contribution in [3.63, 3.8) is 0 Å². The van der Waals surface area contributed by atoms with E-state index in [1.807, 2.05) is 29.6 Å². The number of nitrogens with zero attached hydrogens (tertiary/aromatic N) is 2. The second kappa shape index (κ2) is 7.81. The third kappa shape index (κ3) is 3.74. The van der Waals surface area contributed by atoms with Gasteiger partial charge in [0.25, 0.3) is 0 Å². The average molecular weight is 407 g/mol. The lowest BCUT2D eigenvalue weighted by atomic mass is 10.2. The van der Waals surface area contributed by atoms with E-state index in [0.29, 0.717) is 32.8 Å². The number of hydrogen-bond acceptors (Lipinski definition) is 4. The molecule has 0 amide bonds. The highest BCUT2D eigenvalue weighted by Crippen LogP contribution is 2.31. The van der Waals surface area contributed by atoms with Gasteiger partial charge in [0.05, 0.1) is 16.3 Å². The molecule has 0 spiro atoms. The van der Waals surface area contributed by atoms with E-state index in [0.717, 1.165) is 11.1 Å². The monoisotopic (exact) mass is 406 g/mol. The average Bonchev–Trinajstić information content (AvgIpc) is 3.37. The summed E-state index contributed by atoms with van der Waals surface area (Å²) in [6.45, 7) is 0. The number of thiazole rings is 1. The molecule has 0 unspecified atom stereocenters. The molecule has 0 aliphatic carbocycles. The van der Waals surface area contributed by atoms with Crippen LogP contribution in [0.5, 0.6) is 0 Å². The summed E-state index contributed by atoms with van der Waals surface area (Å²) in [5, 5.41) is 12.6. The molecule has 2 aromatic heterocycles. The van der Waals surface area contributed by atoms with Crippen molar-refractivity contribution in [3.8, 4) is 28.7 Å². The van der Waals surface area contributed by atoms with Crippen LogP contribution in [0.3, 0.4) is 0 Å². The number of benzene rings is 2. The topological polar surface area (TPSA) is 49.8 Å². The van der Waals surface area contributed by atoms with Crippen LogP contribution in [0, 0.1) is 17.1 Å². The molecular weight excluding hydrogens is 395 g/mol. The maximum atomic E-state index is 13.1. The predicted molar refractivity (Wildman–Crippen MR) is 110 cm³/mol. The van der Waals surface area contributed by atoms with E-state index < -0.39 is 0 Å². The Hall–Kier alpha value is -3.20. The predicted octanol–water partition coefficient (Wildman–Crippen LogP) is 6.93. The van der Waals surface area contributed by atoms with E-state index in [2.05, 4.69) is 11.1 Å². The lowest BCUT2D eigenvalue weighted by Gasteiger charge is -1.99. The Morgan fingerprint density at radius 2 is 1.89 bits per heavy atom. The van der Waals surface area contributed by atoms with Crippen molar-refractivity contribution in [2.75, 3.05) is 0 Å². The van der Waals surface area contributed by atoms with Gasteiger partial charge in [-0.15, -0.1) is 11.3 Å². The number of allylic oxidation sites excluding steroid dienone is 1. The highest BCUT2D eigenvalue weighted by atomic mass is 35.5. The lowest BCUT2D eigenvalue weighted by molar-refractivity contribution is 0.572. The molecular formula is C22H12ClFN2OS. The molecule has 2 heterocycles. The third-order valence-electron chi connectivity index (χ3n) is 4.05. The Kier molecular flexibility index (Phi) is 5.07. The van der Waals surface area contributed by atoms with Gasteiger partial charge in [-0.2, -0.15) is 5.26 Å². The SMILES string of the molecule is N#CC(=Cc1ccc(-c2ccccc2Cl)o1)c1nc(-c2ccc(F)cc2)cs1. The first-order valence-corrected chi connectivity index (χ1v) is 9.58. The second-order valence-corrected chi connectivity index (χ2v) is 7.16. The first kappa shape index (κ1) is 18.2. The quantitative estimate of drug-likeness (QED) is 0.345. The molecule has 3 nitrogen and oxygen atoms in total. The van der Waals surface area contributed by atoms with Gasteiger partial charge in [0.2, 0.25) is 0 Å². The van der Waals surface area contributed by atoms with Crippen molar-refractivity contribution in [2.24, 2.45) is 0 Å². The first-order chi connectivity index (χ1) is 13.6. The van der Waals surface area contributed by atoms with Crippen LogP contribution in [-0.2, 0) is 0 Å². The largest absolute Gasteiger partial charge is 0.457 e. The van der Waals surface area contributed by atoms with Crippen LogP contribution in [0.4, 0.5) is 4.39 Å². The zero-order valence-electron chi connectivity index (χ0n) is 14.4. The van der Waals surface area contributed by atoms with Gasteiger partial charge in [-0.05, 0) is 48.5 Å². The van der Waals surface area contributed by atoms with Crippen LogP contribution < -0.4 is 0 Å². The summed E-state index contributed by atoms with van der Waals surface area (Å²) in [7, 11) is 0. The highest BCUT2D eigenvalue weighted by Gasteiger charge is 2.12. The zero-order valence-corrected chi connectivity index (χ0v) is 16.0. The van der Waals surface area contributed by atoms with Gasteiger partial charge in [-0.1, -0.05) is 23.7 Å². The molecule has 0 N–H and O–H groups in total. The van der Waals surface area contributed by atoms with Crippen LogP contribution in [0.15, 0.2) is 70.5 Å². The fourth-order valence-corrected chi connectivity index (χ4v) is 3.69. The summed E-state index contributed by atoms with van der Waals surface area (Å²) < 4.78 is 18.9. The number of aromatic nitrogens is 1. The van der Waals surface area contributed by atoms with Crippen molar-refractivity contribution >= 4 is 34.6 Å². The molecule has 2 aromatic carbocycles. The van der Waals surface area contributed by atoms with Crippen molar-refractivity contribution in [2.45, 2.75) is 0 Å². The number of furan rings is 1. The molecule has 0 atom stereocenters. The van der Waals surface area contributed by atoms with Crippen molar-refractivity contribution < 1.29 is 8.81 Å². The summed E-state index contributed by atoms with van der Waals surface area (Å²) in [5.41, 5.74) is 2.66. The zero-order chi connectivity index (χ0) is 19.5. The van der Waals surface area contributed by atoms with Crippen molar-refractivity contribution in [1.82, 2.24) is 4.98 Å². The van der Waals surface area contributed by atoms with Crippen LogP contribution in [0.1, 0.15) is 10.8 Å². The van der Waals surface area contributed by atoms with E-state index >= 15 is 0 Å². The summed E-state index contributed by atoms with van der Waals surface area (Å²) in [6.07, 6.45) is 1.65. The summed E-state index contributed by atoms with van der Waals surface area (Å²) >= 11 is 7.56. The molecule has 4 aromatic rings. The van der Waals surface area contributed by atoms with Gasteiger partial charge in [0.15, 0.2) is 0 Å². The van der Waals surface area contributed by atoms with Gasteiger partial charge in [-0.25, -0.2) is 9.37 Å². The Morgan fingerprint density at radius 3 is 2.64 bits per heavy atom. The Labute approximate surface area is 170 Å². The fraction of sp³-hybridized carbons (Fsp3) is 0. The standard InChI is InChI=1S/C22H12ClFN2OS/c23-19-4-2-1-3-18(19)21-10-9-17(27-21)11-15(12-25)22-26-20(13-28-22)14-5-7-16(24)8-6-14/h1-11,13H.